The highest BCUT2D eigenvalue weighted by atomic mass is 16.5. The standard InChI is InChI=1S/C9H20N2O/c1-8(11-12)7-9-5-3-2-4-6-10-9/h8-12H,2-7H2,1H3. The maximum Gasteiger partial charge on any atom is 0.0306 e. The summed E-state index contributed by atoms with van der Waals surface area (Å²) in [5.41, 5.74) is 2.29. The normalized spacial score (nSPS) is 28.0. The molecule has 0 saturated carbocycles. The molecular weight excluding hydrogens is 152 g/mol. The Morgan fingerprint density at radius 1 is 1.50 bits per heavy atom. The summed E-state index contributed by atoms with van der Waals surface area (Å²) in [5, 5.41) is 12.2. The van der Waals surface area contributed by atoms with E-state index in [1.165, 1.54) is 25.7 Å². The van der Waals surface area contributed by atoms with Gasteiger partial charge in [0.15, 0.2) is 0 Å². The van der Waals surface area contributed by atoms with E-state index in [9.17, 15) is 0 Å². The summed E-state index contributed by atoms with van der Waals surface area (Å²) in [6, 6.07) is 0.808. The Hall–Kier alpha value is -0.120. The number of hydrogen-bond acceptors (Lipinski definition) is 3. The van der Waals surface area contributed by atoms with Crippen LogP contribution in [-0.4, -0.2) is 23.8 Å². The minimum absolute atomic E-state index is 0.209. The average molecular weight is 172 g/mol. The first-order chi connectivity index (χ1) is 5.83. The van der Waals surface area contributed by atoms with E-state index in [0.29, 0.717) is 6.04 Å². The van der Waals surface area contributed by atoms with Crippen LogP contribution >= 0.6 is 0 Å². The van der Waals surface area contributed by atoms with Crippen molar-refractivity contribution < 1.29 is 5.21 Å². The second-order valence-electron chi connectivity index (χ2n) is 3.77. The van der Waals surface area contributed by atoms with Crippen LogP contribution in [0.4, 0.5) is 0 Å². The number of hydroxylamine groups is 1. The first-order valence-corrected chi connectivity index (χ1v) is 4.96. The lowest BCUT2D eigenvalue weighted by Gasteiger charge is -2.19. The first-order valence-electron chi connectivity index (χ1n) is 4.96. The molecule has 0 aromatic rings. The molecule has 3 nitrogen and oxygen atoms in total. The molecule has 0 aromatic carbocycles. The molecule has 1 aliphatic rings. The van der Waals surface area contributed by atoms with Crippen LogP contribution in [0.5, 0.6) is 0 Å². The molecule has 1 rings (SSSR count). The van der Waals surface area contributed by atoms with Crippen molar-refractivity contribution in [2.24, 2.45) is 0 Å². The van der Waals surface area contributed by atoms with E-state index in [1.807, 2.05) is 6.92 Å². The van der Waals surface area contributed by atoms with E-state index in [0.717, 1.165) is 13.0 Å². The van der Waals surface area contributed by atoms with Crippen molar-refractivity contribution in [3.63, 3.8) is 0 Å². The van der Waals surface area contributed by atoms with Crippen LogP contribution in [0, 0.1) is 0 Å². The molecule has 0 aromatic heterocycles. The fourth-order valence-corrected chi connectivity index (χ4v) is 1.78. The predicted molar refractivity (Wildman–Crippen MR) is 49.3 cm³/mol. The monoisotopic (exact) mass is 172 g/mol. The summed E-state index contributed by atoms with van der Waals surface area (Å²) in [4.78, 5) is 0. The molecular formula is C9H20N2O. The maximum absolute atomic E-state index is 8.66. The Morgan fingerprint density at radius 2 is 2.33 bits per heavy atom. The largest absolute Gasteiger partial charge is 0.317 e. The molecule has 0 amide bonds. The highest BCUT2D eigenvalue weighted by Crippen LogP contribution is 2.12. The number of nitrogens with one attached hydrogen (secondary N) is 2. The zero-order chi connectivity index (χ0) is 8.81. The summed E-state index contributed by atoms with van der Waals surface area (Å²) < 4.78 is 0. The Kier molecular flexibility index (Phi) is 4.58. The number of hydrogen-bond donors (Lipinski definition) is 3. The predicted octanol–water partition coefficient (Wildman–Crippen LogP) is 1.28. The zero-order valence-corrected chi connectivity index (χ0v) is 7.84. The lowest BCUT2D eigenvalue weighted by atomic mass is 10.0. The van der Waals surface area contributed by atoms with Crippen LogP contribution in [0.15, 0.2) is 0 Å². The second-order valence-corrected chi connectivity index (χ2v) is 3.77. The molecule has 72 valence electrons. The second kappa shape index (κ2) is 5.51. The van der Waals surface area contributed by atoms with E-state index >= 15 is 0 Å². The summed E-state index contributed by atoms with van der Waals surface area (Å²) in [7, 11) is 0. The van der Waals surface area contributed by atoms with Crippen LogP contribution < -0.4 is 10.8 Å². The lowest BCUT2D eigenvalue weighted by Crippen LogP contribution is -2.35. The third-order valence-electron chi connectivity index (χ3n) is 2.52. The van der Waals surface area contributed by atoms with E-state index in [2.05, 4.69) is 10.8 Å². The third kappa shape index (κ3) is 3.52. The van der Waals surface area contributed by atoms with Gasteiger partial charge in [-0.05, 0) is 32.7 Å². The van der Waals surface area contributed by atoms with Crippen molar-refractivity contribution in [1.82, 2.24) is 10.8 Å². The van der Waals surface area contributed by atoms with Crippen molar-refractivity contribution in [3.05, 3.63) is 0 Å². The summed E-state index contributed by atoms with van der Waals surface area (Å²) in [5.74, 6) is 0. The van der Waals surface area contributed by atoms with Gasteiger partial charge in [0.25, 0.3) is 0 Å². The summed E-state index contributed by atoms with van der Waals surface area (Å²) >= 11 is 0. The van der Waals surface area contributed by atoms with E-state index in [4.69, 9.17) is 5.21 Å². The summed E-state index contributed by atoms with van der Waals surface area (Å²) in [6.07, 6.45) is 6.26. The molecule has 2 atom stereocenters. The molecule has 0 bridgehead atoms. The SMILES string of the molecule is CC(CC1CCCCCN1)NO. The van der Waals surface area contributed by atoms with E-state index in [1.54, 1.807) is 0 Å². The summed E-state index contributed by atoms with van der Waals surface area (Å²) in [6.45, 7) is 3.15. The molecule has 0 radical (unpaired) electrons. The van der Waals surface area contributed by atoms with Crippen molar-refractivity contribution in [2.75, 3.05) is 6.54 Å². The van der Waals surface area contributed by atoms with Gasteiger partial charge < -0.3 is 10.5 Å². The Bertz CT molecular complexity index is 111. The minimum atomic E-state index is 0.209. The molecule has 3 heteroatoms. The third-order valence-corrected chi connectivity index (χ3v) is 2.52. The van der Waals surface area contributed by atoms with Gasteiger partial charge in [-0.1, -0.05) is 12.8 Å². The zero-order valence-electron chi connectivity index (χ0n) is 7.84. The molecule has 1 heterocycles. The Balaban J connectivity index is 2.20. The van der Waals surface area contributed by atoms with Gasteiger partial charge in [0.05, 0.1) is 0 Å². The average Bonchev–Trinajstić information content (AvgIpc) is 2.33. The molecule has 2 unspecified atom stereocenters. The van der Waals surface area contributed by atoms with E-state index in [-0.39, 0.29) is 6.04 Å². The maximum atomic E-state index is 8.66. The lowest BCUT2D eigenvalue weighted by molar-refractivity contribution is 0.123. The smallest absolute Gasteiger partial charge is 0.0306 e. The van der Waals surface area contributed by atoms with Crippen LogP contribution in [0.1, 0.15) is 39.0 Å². The Labute approximate surface area is 74.5 Å². The van der Waals surface area contributed by atoms with Crippen molar-refractivity contribution >= 4 is 0 Å². The van der Waals surface area contributed by atoms with Crippen molar-refractivity contribution in [3.8, 4) is 0 Å². The van der Waals surface area contributed by atoms with Crippen LogP contribution in [0.2, 0.25) is 0 Å². The molecule has 0 spiro atoms. The molecule has 1 aliphatic heterocycles. The first kappa shape index (κ1) is 9.96. The van der Waals surface area contributed by atoms with Gasteiger partial charge in [-0.2, -0.15) is 0 Å². The van der Waals surface area contributed by atoms with Crippen LogP contribution in [-0.2, 0) is 0 Å². The van der Waals surface area contributed by atoms with Gasteiger partial charge in [0, 0.05) is 12.1 Å². The molecule has 3 N–H and O–H groups in total. The topological polar surface area (TPSA) is 44.3 Å². The van der Waals surface area contributed by atoms with Gasteiger partial charge in [-0.25, -0.2) is 5.48 Å². The highest BCUT2D eigenvalue weighted by Gasteiger charge is 2.13. The molecule has 1 fully saturated rings. The van der Waals surface area contributed by atoms with Gasteiger partial charge >= 0.3 is 0 Å². The fourth-order valence-electron chi connectivity index (χ4n) is 1.78. The van der Waals surface area contributed by atoms with Gasteiger partial charge in [0.1, 0.15) is 0 Å². The highest BCUT2D eigenvalue weighted by molar-refractivity contribution is 4.74. The van der Waals surface area contributed by atoms with Crippen LogP contribution in [0.3, 0.4) is 0 Å². The molecule has 12 heavy (non-hydrogen) atoms. The van der Waals surface area contributed by atoms with Gasteiger partial charge in [0.2, 0.25) is 0 Å². The van der Waals surface area contributed by atoms with Gasteiger partial charge in [-0.15, -0.1) is 0 Å². The fraction of sp³-hybridized carbons (Fsp3) is 1.00. The Morgan fingerprint density at radius 3 is 3.08 bits per heavy atom. The number of rotatable bonds is 3. The van der Waals surface area contributed by atoms with E-state index < -0.39 is 0 Å². The van der Waals surface area contributed by atoms with Crippen LogP contribution in [0.25, 0.3) is 0 Å². The van der Waals surface area contributed by atoms with Crippen molar-refractivity contribution in [1.29, 1.82) is 0 Å². The molecule has 0 aliphatic carbocycles. The quantitative estimate of drug-likeness (QED) is 0.562. The molecule has 1 saturated heterocycles. The van der Waals surface area contributed by atoms with Gasteiger partial charge in [-0.3, -0.25) is 0 Å². The minimum Gasteiger partial charge on any atom is -0.317 e. The van der Waals surface area contributed by atoms with Crippen molar-refractivity contribution in [2.45, 2.75) is 51.1 Å².